The molecule has 0 aromatic carbocycles. The number of H-pyrrole nitrogens is 1. The van der Waals surface area contributed by atoms with E-state index in [9.17, 15) is 4.79 Å². The molecule has 1 amide bonds. The van der Waals surface area contributed by atoms with Crippen LogP contribution in [-0.4, -0.2) is 28.1 Å². The highest BCUT2D eigenvalue weighted by molar-refractivity contribution is 5.70. The summed E-state index contributed by atoms with van der Waals surface area (Å²) < 4.78 is 0. The summed E-state index contributed by atoms with van der Waals surface area (Å²) in [7, 11) is 0. The van der Waals surface area contributed by atoms with Gasteiger partial charge in [-0.3, -0.25) is 9.69 Å². The lowest BCUT2D eigenvalue weighted by atomic mass is 10.6. The van der Waals surface area contributed by atoms with Gasteiger partial charge in [0.25, 0.3) is 0 Å². The molecule has 1 N–H and O–H groups in total. The first-order valence-electron chi connectivity index (χ1n) is 2.95. The highest BCUT2D eigenvalue weighted by Gasteiger charge is 2.02. The molecule has 5 heteroatoms. The number of hydrogen-bond acceptors (Lipinski definition) is 3. The van der Waals surface area contributed by atoms with Gasteiger partial charge in [0.1, 0.15) is 6.33 Å². The fraction of sp³-hybridized carbons (Fsp3) is 0.400. The van der Waals surface area contributed by atoms with Crippen molar-refractivity contribution >= 4 is 12.4 Å². The van der Waals surface area contributed by atoms with Gasteiger partial charge in [0.05, 0.1) is 0 Å². The van der Waals surface area contributed by atoms with E-state index in [4.69, 9.17) is 0 Å². The number of nitrogens with one attached hydrogen (secondary N) is 1. The normalized spacial score (nSPS) is 9.30. The Balaban J connectivity index is 2.73. The molecule has 0 spiro atoms. The molecule has 0 unspecified atom stereocenters. The fourth-order valence-corrected chi connectivity index (χ4v) is 0.612. The predicted molar refractivity (Wildman–Crippen MR) is 35.5 cm³/mol. The van der Waals surface area contributed by atoms with E-state index in [0.717, 1.165) is 0 Å². The van der Waals surface area contributed by atoms with Crippen molar-refractivity contribution in [3.05, 3.63) is 6.33 Å². The third kappa shape index (κ3) is 1.12. The zero-order valence-electron chi connectivity index (χ0n) is 5.61. The average molecular weight is 140 g/mol. The van der Waals surface area contributed by atoms with Gasteiger partial charge in [-0.2, -0.15) is 10.1 Å². The maximum atomic E-state index is 10.3. The number of nitrogens with zero attached hydrogens (tertiary/aromatic N) is 3. The summed E-state index contributed by atoms with van der Waals surface area (Å²) in [6, 6.07) is 0. The van der Waals surface area contributed by atoms with Crippen LogP contribution in [-0.2, 0) is 4.79 Å². The molecule has 0 aliphatic carbocycles. The fourth-order valence-electron chi connectivity index (χ4n) is 0.612. The van der Waals surface area contributed by atoms with E-state index in [2.05, 4.69) is 15.2 Å². The molecule has 0 aliphatic rings. The highest BCUT2D eigenvalue weighted by atomic mass is 16.1. The molecular weight excluding hydrogens is 132 g/mol. The quantitative estimate of drug-likeness (QED) is 0.591. The molecule has 0 saturated heterocycles. The Morgan fingerprint density at radius 3 is 3.10 bits per heavy atom. The van der Waals surface area contributed by atoms with Crippen molar-refractivity contribution in [1.29, 1.82) is 0 Å². The molecule has 0 radical (unpaired) electrons. The summed E-state index contributed by atoms with van der Waals surface area (Å²) in [5, 5.41) is 6.17. The molecule has 5 nitrogen and oxygen atoms in total. The van der Waals surface area contributed by atoms with E-state index in [1.165, 1.54) is 11.2 Å². The van der Waals surface area contributed by atoms with E-state index in [0.29, 0.717) is 18.9 Å². The Kier molecular flexibility index (Phi) is 1.99. The Bertz CT molecular complexity index is 195. The minimum absolute atomic E-state index is 0.484. The Morgan fingerprint density at radius 2 is 2.70 bits per heavy atom. The smallest absolute Gasteiger partial charge is 0.227 e. The molecule has 0 saturated carbocycles. The number of anilines is 1. The second kappa shape index (κ2) is 2.95. The second-order valence-corrected chi connectivity index (χ2v) is 1.70. The monoisotopic (exact) mass is 140 g/mol. The highest BCUT2D eigenvalue weighted by Crippen LogP contribution is 1.98. The second-order valence-electron chi connectivity index (χ2n) is 1.70. The Labute approximate surface area is 58.1 Å². The van der Waals surface area contributed by atoms with Gasteiger partial charge in [0.15, 0.2) is 0 Å². The summed E-state index contributed by atoms with van der Waals surface area (Å²) in [5.41, 5.74) is 0. The lowest BCUT2D eigenvalue weighted by molar-refractivity contribution is -0.107. The number of rotatable bonds is 3. The number of amides is 1. The summed E-state index contributed by atoms with van der Waals surface area (Å²) in [6.45, 7) is 2.45. The van der Waals surface area contributed by atoms with Crippen molar-refractivity contribution in [1.82, 2.24) is 15.2 Å². The van der Waals surface area contributed by atoms with Crippen molar-refractivity contribution in [2.75, 3.05) is 11.4 Å². The van der Waals surface area contributed by atoms with E-state index in [1.807, 2.05) is 6.92 Å². The third-order valence-electron chi connectivity index (χ3n) is 1.14. The predicted octanol–water partition coefficient (Wildman–Crippen LogP) is -0.213. The first kappa shape index (κ1) is 6.73. The minimum atomic E-state index is 0.484. The van der Waals surface area contributed by atoms with Crippen molar-refractivity contribution in [2.24, 2.45) is 0 Å². The van der Waals surface area contributed by atoms with Gasteiger partial charge in [0.2, 0.25) is 12.4 Å². The van der Waals surface area contributed by atoms with Crippen molar-refractivity contribution in [3.63, 3.8) is 0 Å². The van der Waals surface area contributed by atoms with Gasteiger partial charge < -0.3 is 0 Å². The lowest BCUT2D eigenvalue weighted by Gasteiger charge is -2.08. The number of hydrogen-bond donors (Lipinski definition) is 1. The summed E-state index contributed by atoms with van der Waals surface area (Å²) in [5.74, 6) is 0.484. The first-order chi connectivity index (χ1) is 4.88. The number of aromatic amines is 1. The van der Waals surface area contributed by atoms with Crippen LogP contribution in [0.2, 0.25) is 0 Å². The van der Waals surface area contributed by atoms with E-state index >= 15 is 0 Å². The summed E-state index contributed by atoms with van der Waals surface area (Å²) >= 11 is 0. The van der Waals surface area contributed by atoms with Crippen molar-refractivity contribution < 1.29 is 4.79 Å². The summed E-state index contributed by atoms with van der Waals surface area (Å²) in [4.78, 5) is 15.5. The number of aromatic nitrogens is 3. The van der Waals surface area contributed by atoms with Crippen LogP contribution in [0.3, 0.4) is 0 Å². The first-order valence-corrected chi connectivity index (χ1v) is 2.95. The minimum Gasteiger partial charge on any atom is -0.284 e. The van der Waals surface area contributed by atoms with Crippen LogP contribution >= 0.6 is 0 Å². The molecular formula is C5H8N4O. The van der Waals surface area contributed by atoms with E-state index < -0.39 is 0 Å². The average Bonchev–Trinajstić information content (AvgIpc) is 2.43. The summed E-state index contributed by atoms with van der Waals surface area (Å²) in [6.07, 6.45) is 2.07. The SMILES string of the molecule is CCN(C=O)c1ncn[nH]1. The van der Waals surface area contributed by atoms with Gasteiger partial charge in [-0.1, -0.05) is 0 Å². The topological polar surface area (TPSA) is 61.9 Å². The Hall–Kier alpha value is -1.39. The maximum absolute atomic E-state index is 10.3. The third-order valence-corrected chi connectivity index (χ3v) is 1.14. The molecule has 1 heterocycles. The van der Waals surface area contributed by atoms with Gasteiger partial charge >= 0.3 is 0 Å². The molecule has 1 rings (SSSR count). The van der Waals surface area contributed by atoms with Crippen LogP contribution in [0.25, 0.3) is 0 Å². The Morgan fingerprint density at radius 1 is 1.90 bits per heavy atom. The van der Waals surface area contributed by atoms with Crippen LogP contribution in [0, 0.1) is 0 Å². The molecule has 0 bridgehead atoms. The van der Waals surface area contributed by atoms with Gasteiger partial charge in [-0.05, 0) is 6.92 Å². The molecule has 54 valence electrons. The van der Waals surface area contributed by atoms with Crippen molar-refractivity contribution in [3.8, 4) is 0 Å². The molecule has 0 atom stereocenters. The zero-order valence-corrected chi connectivity index (χ0v) is 5.61. The van der Waals surface area contributed by atoms with Gasteiger partial charge in [-0.25, -0.2) is 5.10 Å². The van der Waals surface area contributed by atoms with Crippen LogP contribution in [0.4, 0.5) is 5.95 Å². The van der Waals surface area contributed by atoms with Gasteiger partial charge in [-0.15, -0.1) is 0 Å². The lowest BCUT2D eigenvalue weighted by Crippen LogP contribution is -2.21. The zero-order chi connectivity index (χ0) is 7.40. The largest absolute Gasteiger partial charge is 0.284 e. The number of carbonyl (C=O) groups excluding carboxylic acids is 1. The maximum Gasteiger partial charge on any atom is 0.227 e. The molecule has 1 aromatic rings. The van der Waals surface area contributed by atoms with Gasteiger partial charge in [0, 0.05) is 6.54 Å². The molecule has 0 aliphatic heterocycles. The van der Waals surface area contributed by atoms with E-state index in [-0.39, 0.29) is 0 Å². The molecule has 1 aromatic heterocycles. The van der Waals surface area contributed by atoms with Crippen molar-refractivity contribution in [2.45, 2.75) is 6.92 Å². The number of carbonyl (C=O) groups is 1. The van der Waals surface area contributed by atoms with Crippen LogP contribution < -0.4 is 4.90 Å². The molecule has 0 fully saturated rings. The van der Waals surface area contributed by atoms with Crippen LogP contribution in [0.15, 0.2) is 6.33 Å². The van der Waals surface area contributed by atoms with Crippen LogP contribution in [0.5, 0.6) is 0 Å². The van der Waals surface area contributed by atoms with E-state index in [1.54, 1.807) is 0 Å². The standard InChI is InChI=1S/C5H8N4O/c1-2-9(4-10)5-6-3-7-8-5/h3-4H,2H2,1H3,(H,6,7,8). The van der Waals surface area contributed by atoms with Crippen LogP contribution in [0.1, 0.15) is 6.92 Å². The molecule has 10 heavy (non-hydrogen) atoms.